The highest BCUT2D eigenvalue weighted by molar-refractivity contribution is 5.88. The van der Waals surface area contributed by atoms with Crippen LogP contribution in [0.25, 0.3) is 0 Å². The number of rotatable bonds is 5. The molecular weight excluding hydrogens is 338 g/mol. The maximum atomic E-state index is 12.7. The topological polar surface area (TPSA) is 74.1 Å². The Kier molecular flexibility index (Phi) is 5.94. The molecule has 1 saturated carbocycles. The molecular formula is C22H29N3O2. The van der Waals surface area contributed by atoms with Crippen molar-refractivity contribution in [2.75, 3.05) is 6.54 Å². The number of hydrogen-bond acceptors (Lipinski definition) is 4. The van der Waals surface area contributed by atoms with Gasteiger partial charge in [-0.25, -0.2) is 0 Å². The first-order valence-corrected chi connectivity index (χ1v) is 10.1. The highest BCUT2D eigenvalue weighted by Crippen LogP contribution is 2.41. The van der Waals surface area contributed by atoms with E-state index in [1.54, 1.807) is 11.8 Å². The molecule has 144 valence electrons. The van der Waals surface area contributed by atoms with Gasteiger partial charge in [0.1, 0.15) is 11.8 Å². The number of nitriles is 1. The number of likely N-dealkylation sites (tertiary alicyclic amines) is 1. The standard InChI is InChI=1S/C22H29N3O2/c1-16-8-9-18(10-11-20(27)25-14-6-7-19(25)15-23)21(24-16)22(17(2)26)12-4-3-5-13-22/h8-9,19H,3-7,10-14H2,1-2H3. The first kappa shape index (κ1) is 19.5. The lowest BCUT2D eigenvalue weighted by Gasteiger charge is -2.36. The van der Waals surface area contributed by atoms with Gasteiger partial charge in [-0.3, -0.25) is 14.6 Å². The van der Waals surface area contributed by atoms with Crippen LogP contribution in [-0.2, 0) is 21.4 Å². The van der Waals surface area contributed by atoms with E-state index in [0.29, 0.717) is 19.4 Å². The average Bonchev–Trinajstić information content (AvgIpc) is 3.16. The van der Waals surface area contributed by atoms with Gasteiger partial charge in [0.15, 0.2) is 0 Å². The van der Waals surface area contributed by atoms with Crippen molar-refractivity contribution in [3.05, 3.63) is 29.1 Å². The molecule has 2 fully saturated rings. The molecule has 1 unspecified atom stereocenters. The van der Waals surface area contributed by atoms with Crippen LogP contribution in [0.5, 0.6) is 0 Å². The number of ketones is 1. The predicted octanol–water partition coefficient (Wildman–Crippen LogP) is 3.63. The molecule has 5 heteroatoms. The monoisotopic (exact) mass is 367 g/mol. The van der Waals surface area contributed by atoms with Crippen LogP contribution in [0.15, 0.2) is 12.1 Å². The van der Waals surface area contributed by atoms with E-state index in [1.807, 2.05) is 19.1 Å². The van der Waals surface area contributed by atoms with Crippen molar-refractivity contribution in [2.45, 2.75) is 83.1 Å². The van der Waals surface area contributed by atoms with Gasteiger partial charge in [0.2, 0.25) is 5.91 Å². The molecule has 0 N–H and O–H groups in total. The Labute approximate surface area is 161 Å². The lowest BCUT2D eigenvalue weighted by atomic mass is 9.67. The van der Waals surface area contributed by atoms with Gasteiger partial charge >= 0.3 is 0 Å². The quantitative estimate of drug-likeness (QED) is 0.796. The molecule has 3 rings (SSSR count). The Balaban J connectivity index is 1.83. The zero-order chi connectivity index (χ0) is 19.4. The second-order valence-corrected chi connectivity index (χ2v) is 8.03. The minimum Gasteiger partial charge on any atom is -0.327 e. The van der Waals surface area contributed by atoms with E-state index in [4.69, 9.17) is 4.98 Å². The van der Waals surface area contributed by atoms with Crippen LogP contribution in [0, 0.1) is 18.3 Å². The number of aromatic nitrogens is 1. The van der Waals surface area contributed by atoms with E-state index >= 15 is 0 Å². The van der Waals surface area contributed by atoms with Gasteiger partial charge in [-0.1, -0.05) is 25.3 Å². The molecule has 0 aromatic carbocycles. The Hall–Kier alpha value is -2.22. The number of amides is 1. The summed E-state index contributed by atoms with van der Waals surface area (Å²) in [6.45, 7) is 4.32. The highest BCUT2D eigenvalue weighted by Gasteiger charge is 2.41. The number of carbonyl (C=O) groups excluding carboxylic acids is 2. The fourth-order valence-electron chi connectivity index (χ4n) is 4.70. The molecule has 2 aliphatic rings. The van der Waals surface area contributed by atoms with Crippen molar-refractivity contribution in [1.82, 2.24) is 9.88 Å². The van der Waals surface area contributed by atoms with Gasteiger partial charge < -0.3 is 4.90 Å². The molecule has 2 heterocycles. The van der Waals surface area contributed by atoms with E-state index in [9.17, 15) is 14.9 Å². The van der Waals surface area contributed by atoms with Crippen molar-refractivity contribution >= 4 is 11.7 Å². The first-order chi connectivity index (χ1) is 13.0. The molecule has 5 nitrogen and oxygen atoms in total. The molecule has 1 amide bonds. The van der Waals surface area contributed by atoms with E-state index in [1.165, 1.54) is 6.42 Å². The number of nitrogens with zero attached hydrogens (tertiary/aromatic N) is 3. The largest absolute Gasteiger partial charge is 0.327 e. The highest BCUT2D eigenvalue weighted by atomic mass is 16.2. The van der Waals surface area contributed by atoms with Gasteiger partial charge in [0, 0.05) is 18.7 Å². The SMILES string of the molecule is CC(=O)C1(c2nc(C)ccc2CCC(=O)N2CCCC2C#N)CCCCC1. The second-order valence-electron chi connectivity index (χ2n) is 8.03. The van der Waals surface area contributed by atoms with Crippen LogP contribution in [-0.4, -0.2) is 34.2 Å². The van der Waals surface area contributed by atoms with E-state index in [-0.39, 0.29) is 17.7 Å². The predicted molar refractivity (Wildman–Crippen MR) is 103 cm³/mol. The summed E-state index contributed by atoms with van der Waals surface area (Å²) in [7, 11) is 0. The van der Waals surface area contributed by atoms with E-state index < -0.39 is 5.41 Å². The third-order valence-electron chi connectivity index (χ3n) is 6.28. The molecule has 1 atom stereocenters. The maximum absolute atomic E-state index is 12.7. The second kappa shape index (κ2) is 8.21. The number of pyridine rings is 1. The van der Waals surface area contributed by atoms with Crippen molar-refractivity contribution in [3.63, 3.8) is 0 Å². The summed E-state index contributed by atoms with van der Waals surface area (Å²) < 4.78 is 0. The molecule has 0 spiro atoms. The van der Waals surface area contributed by atoms with Crippen LogP contribution < -0.4 is 0 Å². The van der Waals surface area contributed by atoms with Crippen LogP contribution >= 0.6 is 0 Å². The molecule has 27 heavy (non-hydrogen) atoms. The molecule has 0 radical (unpaired) electrons. The maximum Gasteiger partial charge on any atom is 0.223 e. The molecule has 1 aromatic heterocycles. The lowest BCUT2D eigenvalue weighted by Crippen LogP contribution is -2.39. The Morgan fingerprint density at radius 1 is 1.26 bits per heavy atom. The summed E-state index contributed by atoms with van der Waals surface area (Å²) >= 11 is 0. The zero-order valence-electron chi connectivity index (χ0n) is 16.5. The number of Topliss-reactive ketones (excluding diaryl/α,β-unsaturated/α-hetero) is 1. The zero-order valence-corrected chi connectivity index (χ0v) is 16.5. The first-order valence-electron chi connectivity index (χ1n) is 10.1. The van der Waals surface area contributed by atoms with Crippen molar-refractivity contribution in [1.29, 1.82) is 5.26 Å². The number of carbonyl (C=O) groups is 2. The van der Waals surface area contributed by atoms with Gasteiger partial charge in [-0.2, -0.15) is 5.26 Å². The molecule has 1 aliphatic carbocycles. The third kappa shape index (κ3) is 3.90. The molecule has 1 aromatic rings. The summed E-state index contributed by atoms with van der Waals surface area (Å²) in [6, 6.07) is 5.95. The van der Waals surface area contributed by atoms with Crippen LogP contribution in [0.2, 0.25) is 0 Å². The van der Waals surface area contributed by atoms with E-state index in [2.05, 4.69) is 6.07 Å². The van der Waals surface area contributed by atoms with Crippen LogP contribution in [0.1, 0.15) is 75.2 Å². The van der Waals surface area contributed by atoms with Gasteiger partial charge in [-0.05, 0) is 57.6 Å². The van der Waals surface area contributed by atoms with Gasteiger partial charge in [0.05, 0.1) is 17.2 Å². The summed E-state index contributed by atoms with van der Waals surface area (Å²) in [5, 5.41) is 9.22. The third-order valence-corrected chi connectivity index (χ3v) is 6.28. The van der Waals surface area contributed by atoms with Crippen LogP contribution in [0.3, 0.4) is 0 Å². The van der Waals surface area contributed by atoms with E-state index in [0.717, 1.165) is 55.5 Å². The minimum atomic E-state index is -0.495. The van der Waals surface area contributed by atoms with Gasteiger partial charge in [0.25, 0.3) is 0 Å². The Morgan fingerprint density at radius 2 is 2.00 bits per heavy atom. The number of aryl methyl sites for hydroxylation is 2. The van der Waals surface area contributed by atoms with Crippen molar-refractivity contribution in [2.24, 2.45) is 0 Å². The summed E-state index contributed by atoms with van der Waals surface area (Å²) in [4.78, 5) is 31.8. The molecule has 0 bridgehead atoms. The number of hydrogen-bond donors (Lipinski definition) is 0. The smallest absolute Gasteiger partial charge is 0.223 e. The summed E-state index contributed by atoms with van der Waals surface area (Å²) in [5.74, 6) is 0.225. The minimum absolute atomic E-state index is 0.0334. The lowest BCUT2D eigenvalue weighted by molar-refractivity contribution is -0.131. The summed E-state index contributed by atoms with van der Waals surface area (Å²) in [5.41, 5.74) is 2.32. The Bertz CT molecular complexity index is 759. The van der Waals surface area contributed by atoms with Crippen molar-refractivity contribution < 1.29 is 9.59 Å². The fraction of sp³-hybridized carbons (Fsp3) is 0.636. The molecule has 1 aliphatic heterocycles. The van der Waals surface area contributed by atoms with Crippen molar-refractivity contribution in [3.8, 4) is 6.07 Å². The average molecular weight is 367 g/mol. The Morgan fingerprint density at radius 3 is 2.67 bits per heavy atom. The summed E-state index contributed by atoms with van der Waals surface area (Å²) in [6.07, 6.45) is 7.57. The molecule has 1 saturated heterocycles. The normalized spacial score (nSPS) is 21.7. The van der Waals surface area contributed by atoms with Gasteiger partial charge in [-0.15, -0.1) is 0 Å². The fourth-order valence-corrected chi connectivity index (χ4v) is 4.70. The van der Waals surface area contributed by atoms with Crippen LogP contribution in [0.4, 0.5) is 0 Å².